The molecule has 2 aliphatic heterocycles. The Morgan fingerprint density at radius 1 is 1.19 bits per heavy atom. The Morgan fingerprint density at radius 2 is 1.96 bits per heavy atom. The number of hydrogen-bond donors (Lipinski definition) is 0. The van der Waals surface area contributed by atoms with Crippen LogP contribution in [0.1, 0.15) is 28.8 Å². The molecule has 0 N–H and O–H groups in total. The highest BCUT2D eigenvalue weighted by Gasteiger charge is 2.43. The Balaban J connectivity index is 1.53. The third kappa shape index (κ3) is 3.69. The van der Waals surface area contributed by atoms with E-state index in [4.69, 9.17) is 11.6 Å². The van der Waals surface area contributed by atoms with Crippen molar-refractivity contribution < 1.29 is 14.0 Å². The lowest BCUT2D eigenvalue weighted by Crippen LogP contribution is -2.59. The van der Waals surface area contributed by atoms with Crippen LogP contribution in [-0.2, 0) is 11.3 Å². The number of rotatable bonds is 3. The Kier molecular flexibility index (Phi) is 4.87. The summed E-state index contributed by atoms with van der Waals surface area (Å²) >= 11 is 5.90. The van der Waals surface area contributed by atoms with Crippen LogP contribution in [0.3, 0.4) is 0 Å². The summed E-state index contributed by atoms with van der Waals surface area (Å²) in [6.45, 7) is 1.61. The van der Waals surface area contributed by atoms with Gasteiger partial charge in [-0.2, -0.15) is 0 Å². The molecule has 2 aliphatic rings. The molecule has 2 aromatic carbocycles. The van der Waals surface area contributed by atoms with Gasteiger partial charge in [-0.25, -0.2) is 4.39 Å². The normalized spacial score (nSPS) is 22.1. The number of carbonyl (C=O) groups is 2. The van der Waals surface area contributed by atoms with Crippen LogP contribution in [-0.4, -0.2) is 40.7 Å². The zero-order valence-corrected chi connectivity index (χ0v) is 15.5. The van der Waals surface area contributed by atoms with Crippen molar-refractivity contribution in [2.75, 3.05) is 13.1 Å². The van der Waals surface area contributed by atoms with Crippen molar-refractivity contribution in [2.24, 2.45) is 5.92 Å². The van der Waals surface area contributed by atoms with Crippen LogP contribution in [0, 0.1) is 11.7 Å². The van der Waals surface area contributed by atoms with Gasteiger partial charge in [0.2, 0.25) is 5.91 Å². The minimum atomic E-state index is -0.450. The van der Waals surface area contributed by atoms with Gasteiger partial charge in [-0.3, -0.25) is 9.59 Å². The summed E-state index contributed by atoms with van der Waals surface area (Å²) in [5.41, 5.74) is 1.30. The van der Waals surface area contributed by atoms with Crippen LogP contribution in [0.25, 0.3) is 0 Å². The molecule has 140 valence electrons. The number of piperidine rings is 2. The Morgan fingerprint density at radius 3 is 2.70 bits per heavy atom. The standard InChI is InChI=1S/C21H20ClFN2O2/c22-17-6-4-16(5-7-17)20(26)25-9-8-15-11-19(25)21(27)24(13-15)12-14-2-1-3-18(23)10-14/h1-7,10,15,19H,8-9,11-13H2/t15-,19+/m0/s1. The van der Waals surface area contributed by atoms with Crippen LogP contribution in [0.5, 0.6) is 0 Å². The first-order chi connectivity index (χ1) is 13.0. The van der Waals surface area contributed by atoms with E-state index in [0.29, 0.717) is 42.6 Å². The van der Waals surface area contributed by atoms with Gasteiger partial charge in [0.25, 0.3) is 5.91 Å². The second-order valence-electron chi connectivity index (χ2n) is 7.26. The van der Waals surface area contributed by atoms with Crippen LogP contribution < -0.4 is 0 Å². The van der Waals surface area contributed by atoms with Gasteiger partial charge in [0.15, 0.2) is 0 Å². The number of fused-ring (bicyclic) bond motifs is 2. The van der Waals surface area contributed by atoms with Gasteiger partial charge in [-0.1, -0.05) is 23.7 Å². The van der Waals surface area contributed by atoms with E-state index in [9.17, 15) is 14.0 Å². The Labute approximate surface area is 162 Å². The predicted octanol–water partition coefficient (Wildman–Crippen LogP) is 3.74. The van der Waals surface area contributed by atoms with E-state index >= 15 is 0 Å². The smallest absolute Gasteiger partial charge is 0.254 e. The van der Waals surface area contributed by atoms with Crippen molar-refractivity contribution in [3.63, 3.8) is 0 Å². The van der Waals surface area contributed by atoms with E-state index in [1.165, 1.54) is 12.1 Å². The monoisotopic (exact) mass is 386 g/mol. The molecule has 2 aromatic rings. The average molecular weight is 387 g/mol. The second kappa shape index (κ2) is 7.31. The van der Waals surface area contributed by atoms with Crippen LogP contribution >= 0.6 is 11.6 Å². The number of halogens is 2. The maximum atomic E-state index is 13.5. The summed E-state index contributed by atoms with van der Waals surface area (Å²) in [5.74, 6) is -0.138. The predicted molar refractivity (Wildman–Crippen MR) is 101 cm³/mol. The third-order valence-corrected chi connectivity index (χ3v) is 5.65. The van der Waals surface area contributed by atoms with Gasteiger partial charge in [0.1, 0.15) is 11.9 Å². The molecule has 0 saturated carbocycles. The summed E-state index contributed by atoms with van der Waals surface area (Å²) in [5, 5.41) is 0.570. The molecule has 0 unspecified atom stereocenters. The fourth-order valence-electron chi connectivity index (χ4n) is 4.05. The minimum absolute atomic E-state index is 0.0578. The lowest BCUT2D eigenvalue weighted by Gasteiger charge is -2.46. The van der Waals surface area contributed by atoms with E-state index in [-0.39, 0.29) is 17.6 Å². The van der Waals surface area contributed by atoms with E-state index in [1.807, 2.05) is 6.07 Å². The number of nitrogens with zero attached hydrogens (tertiary/aromatic N) is 2. The largest absolute Gasteiger partial charge is 0.336 e. The first-order valence-corrected chi connectivity index (χ1v) is 9.49. The van der Waals surface area contributed by atoms with Crippen LogP contribution in [0.15, 0.2) is 48.5 Å². The lowest BCUT2D eigenvalue weighted by molar-refractivity contribution is -0.144. The van der Waals surface area contributed by atoms with Gasteiger partial charge < -0.3 is 9.80 Å². The second-order valence-corrected chi connectivity index (χ2v) is 7.70. The minimum Gasteiger partial charge on any atom is -0.336 e. The van der Waals surface area contributed by atoms with Crippen molar-refractivity contribution in [3.8, 4) is 0 Å². The highest BCUT2D eigenvalue weighted by molar-refractivity contribution is 6.30. The fraction of sp³-hybridized carbons (Fsp3) is 0.333. The van der Waals surface area contributed by atoms with Gasteiger partial charge in [0, 0.05) is 30.2 Å². The third-order valence-electron chi connectivity index (χ3n) is 5.40. The summed E-state index contributed by atoms with van der Waals surface area (Å²) < 4.78 is 13.5. The molecule has 2 amide bonds. The molecule has 2 atom stereocenters. The number of likely N-dealkylation sites (tertiary alicyclic amines) is 2. The van der Waals surface area contributed by atoms with Crippen molar-refractivity contribution in [1.82, 2.24) is 9.80 Å². The fourth-order valence-corrected chi connectivity index (χ4v) is 4.18. The number of carbonyl (C=O) groups excluding carboxylic acids is 2. The van der Waals surface area contributed by atoms with Crippen molar-refractivity contribution in [1.29, 1.82) is 0 Å². The molecular formula is C21H20ClFN2O2. The maximum Gasteiger partial charge on any atom is 0.254 e. The Bertz CT molecular complexity index is 871. The van der Waals surface area contributed by atoms with E-state index in [1.54, 1.807) is 40.1 Å². The molecule has 4 rings (SSSR count). The SMILES string of the molecule is O=C1[C@H]2C[C@H](CCN2C(=O)c2ccc(Cl)cc2)CN1Cc1cccc(F)c1. The van der Waals surface area contributed by atoms with Crippen molar-refractivity contribution >= 4 is 23.4 Å². The molecule has 2 bridgehead atoms. The van der Waals surface area contributed by atoms with Crippen LogP contribution in [0.2, 0.25) is 5.02 Å². The van der Waals surface area contributed by atoms with E-state index in [0.717, 1.165) is 12.0 Å². The first kappa shape index (κ1) is 18.0. The molecule has 4 nitrogen and oxygen atoms in total. The highest BCUT2D eigenvalue weighted by atomic mass is 35.5. The van der Waals surface area contributed by atoms with Crippen LogP contribution in [0.4, 0.5) is 4.39 Å². The van der Waals surface area contributed by atoms with Gasteiger partial charge in [-0.05, 0) is 60.7 Å². The molecule has 6 heteroatoms. The summed E-state index contributed by atoms with van der Waals surface area (Å²) in [6, 6.07) is 12.6. The molecule has 0 aromatic heterocycles. The molecule has 0 radical (unpaired) electrons. The summed E-state index contributed by atoms with van der Waals surface area (Å²) in [6.07, 6.45) is 1.56. The topological polar surface area (TPSA) is 40.6 Å². The lowest BCUT2D eigenvalue weighted by atomic mass is 9.85. The number of hydrogen-bond acceptors (Lipinski definition) is 2. The average Bonchev–Trinajstić information content (AvgIpc) is 2.66. The zero-order chi connectivity index (χ0) is 19.0. The first-order valence-electron chi connectivity index (χ1n) is 9.11. The molecule has 2 heterocycles. The van der Waals surface area contributed by atoms with Crippen molar-refractivity contribution in [2.45, 2.75) is 25.4 Å². The summed E-state index contributed by atoms with van der Waals surface area (Å²) in [7, 11) is 0. The molecule has 0 aliphatic carbocycles. The number of benzene rings is 2. The molecule has 0 spiro atoms. The highest BCUT2D eigenvalue weighted by Crippen LogP contribution is 2.32. The van der Waals surface area contributed by atoms with E-state index in [2.05, 4.69) is 0 Å². The quantitative estimate of drug-likeness (QED) is 0.806. The number of amides is 2. The molecule has 2 saturated heterocycles. The molecule has 27 heavy (non-hydrogen) atoms. The summed E-state index contributed by atoms with van der Waals surface area (Å²) in [4.78, 5) is 29.4. The molecule has 2 fully saturated rings. The van der Waals surface area contributed by atoms with E-state index < -0.39 is 6.04 Å². The maximum absolute atomic E-state index is 13.5. The molecular weight excluding hydrogens is 367 g/mol. The van der Waals surface area contributed by atoms with Gasteiger partial charge in [-0.15, -0.1) is 0 Å². The Hall–Kier alpha value is -2.40. The van der Waals surface area contributed by atoms with Gasteiger partial charge in [0.05, 0.1) is 0 Å². The van der Waals surface area contributed by atoms with Crippen molar-refractivity contribution in [3.05, 3.63) is 70.5 Å². The van der Waals surface area contributed by atoms with Gasteiger partial charge >= 0.3 is 0 Å². The zero-order valence-electron chi connectivity index (χ0n) is 14.8.